The maximum atomic E-state index is 12.3. The molecular weight excluding hydrogens is 352 g/mol. The first-order chi connectivity index (χ1) is 12.6. The van der Waals surface area contributed by atoms with E-state index in [4.69, 9.17) is 11.6 Å². The number of amides is 2. The lowest BCUT2D eigenvalue weighted by molar-refractivity contribution is -0.131. The number of halogens is 1. The van der Waals surface area contributed by atoms with Gasteiger partial charge in [0.25, 0.3) is 5.91 Å². The summed E-state index contributed by atoms with van der Waals surface area (Å²) in [7, 11) is 0. The summed E-state index contributed by atoms with van der Waals surface area (Å²) in [4.78, 5) is 32.6. The van der Waals surface area contributed by atoms with Crippen LogP contribution in [-0.4, -0.2) is 59.3 Å². The highest BCUT2D eigenvalue weighted by molar-refractivity contribution is 6.33. The van der Waals surface area contributed by atoms with Crippen LogP contribution in [0.15, 0.2) is 48.8 Å². The van der Waals surface area contributed by atoms with E-state index in [1.54, 1.807) is 41.6 Å². The van der Waals surface area contributed by atoms with Crippen LogP contribution in [0.1, 0.15) is 15.9 Å². The molecule has 0 radical (unpaired) electrons. The topological polar surface area (TPSA) is 65.5 Å². The van der Waals surface area contributed by atoms with Crippen molar-refractivity contribution in [3.8, 4) is 0 Å². The Balaban J connectivity index is 1.44. The number of rotatable bonds is 5. The predicted octanol–water partition coefficient (Wildman–Crippen LogP) is 1.81. The van der Waals surface area contributed by atoms with E-state index in [2.05, 4.69) is 15.2 Å². The molecule has 1 aliphatic heterocycles. The van der Waals surface area contributed by atoms with Gasteiger partial charge in [-0.25, -0.2) is 0 Å². The summed E-state index contributed by atoms with van der Waals surface area (Å²) in [5.74, 6) is -0.408. The lowest BCUT2D eigenvalue weighted by Crippen LogP contribution is -2.50. The monoisotopic (exact) mass is 372 g/mol. The second kappa shape index (κ2) is 8.78. The van der Waals surface area contributed by atoms with Crippen LogP contribution in [0, 0.1) is 0 Å². The maximum Gasteiger partial charge on any atom is 0.253 e. The first kappa shape index (κ1) is 18.4. The van der Waals surface area contributed by atoms with Crippen molar-refractivity contribution in [1.29, 1.82) is 0 Å². The van der Waals surface area contributed by atoms with Crippen LogP contribution in [0.25, 0.3) is 0 Å². The van der Waals surface area contributed by atoms with Gasteiger partial charge in [-0.2, -0.15) is 0 Å². The number of aromatic nitrogens is 1. The molecule has 0 aliphatic carbocycles. The van der Waals surface area contributed by atoms with Gasteiger partial charge < -0.3 is 10.2 Å². The molecule has 2 amide bonds. The highest BCUT2D eigenvalue weighted by Crippen LogP contribution is 2.14. The minimum absolute atomic E-state index is 0.0194. The lowest BCUT2D eigenvalue weighted by Gasteiger charge is -2.34. The van der Waals surface area contributed by atoms with Crippen molar-refractivity contribution in [3.63, 3.8) is 0 Å². The van der Waals surface area contributed by atoms with Crippen molar-refractivity contribution in [1.82, 2.24) is 20.1 Å². The molecule has 1 aliphatic rings. The van der Waals surface area contributed by atoms with Crippen molar-refractivity contribution < 1.29 is 9.59 Å². The quantitative estimate of drug-likeness (QED) is 0.869. The van der Waals surface area contributed by atoms with E-state index < -0.39 is 0 Å². The molecule has 0 atom stereocenters. The summed E-state index contributed by atoms with van der Waals surface area (Å²) in [5.41, 5.74) is 1.59. The van der Waals surface area contributed by atoms with Gasteiger partial charge in [0, 0.05) is 45.1 Å². The average molecular weight is 373 g/mol. The van der Waals surface area contributed by atoms with Gasteiger partial charge in [-0.1, -0.05) is 23.7 Å². The maximum absolute atomic E-state index is 12.3. The van der Waals surface area contributed by atoms with E-state index >= 15 is 0 Å². The Hall–Kier alpha value is -2.44. The number of carbonyl (C=O) groups is 2. The van der Waals surface area contributed by atoms with E-state index in [0.717, 1.165) is 19.6 Å². The normalized spacial score (nSPS) is 14.9. The van der Waals surface area contributed by atoms with Crippen LogP contribution >= 0.6 is 11.6 Å². The smallest absolute Gasteiger partial charge is 0.253 e. The third-order valence-corrected chi connectivity index (χ3v) is 4.73. The van der Waals surface area contributed by atoms with Crippen LogP contribution in [0.3, 0.4) is 0 Å². The molecule has 0 unspecified atom stereocenters. The SMILES string of the molecule is O=C(NCC(=O)N1CCN(Cc2ccncc2)CC1)c1ccccc1Cl. The molecular formula is C19H21ClN4O2. The van der Waals surface area contributed by atoms with Crippen molar-refractivity contribution in [2.24, 2.45) is 0 Å². The molecule has 0 bridgehead atoms. The molecule has 1 saturated heterocycles. The van der Waals surface area contributed by atoms with Crippen molar-refractivity contribution in [2.75, 3.05) is 32.7 Å². The Morgan fingerprint density at radius 3 is 2.42 bits per heavy atom. The number of piperazine rings is 1. The molecule has 1 aromatic heterocycles. The third-order valence-electron chi connectivity index (χ3n) is 4.40. The zero-order chi connectivity index (χ0) is 18.4. The van der Waals surface area contributed by atoms with Crippen molar-refractivity contribution >= 4 is 23.4 Å². The zero-order valence-electron chi connectivity index (χ0n) is 14.4. The molecule has 0 saturated carbocycles. The summed E-state index contributed by atoms with van der Waals surface area (Å²) in [5, 5.41) is 3.03. The number of benzene rings is 1. The molecule has 1 aromatic carbocycles. The number of nitrogens with zero attached hydrogens (tertiary/aromatic N) is 3. The van der Waals surface area contributed by atoms with Crippen LogP contribution in [0.5, 0.6) is 0 Å². The van der Waals surface area contributed by atoms with Gasteiger partial charge in [0.1, 0.15) is 0 Å². The van der Waals surface area contributed by atoms with Crippen molar-refractivity contribution in [3.05, 3.63) is 64.9 Å². The molecule has 1 fully saturated rings. The van der Waals surface area contributed by atoms with Crippen LogP contribution in [0.2, 0.25) is 5.02 Å². The first-order valence-corrected chi connectivity index (χ1v) is 8.93. The largest absolute Gasteiger partial charge is 0.343 e. The summed E-state index contributed by atoms with van der Waals surface area (Å²) < 4.78 is 0. The standard InChI is InChI=1S/C19H21ClN4O2/c20-17-4-2-1-3-16(17)19(26)22-13-18(25)24-11-9-23(10-12-24)14-15-5-7-21-8-6-15/h1-8H,9-14H2,(H,22,26). The molecule has 136 valence electrons. The van der Waals surface area contributed by atoms with Crippen LogP contribution in [-0.2, 0) is 11.3 Å². The molecule has 2 aromatic rings. The van der Waals surface area contributed by atoms with E-state index in [1.165, 1.54) is 5.56 Å². The molecule has 26 heavy (non-hydrogen) atoms. The van der Waals surface area contributed by atoms with Gasteiger partial charge in [-0.3, -0.25) is 19.5 Å². The van der Waals surface area contributed by atoms with E-state index in [9.17, 15) is 9.59 Å². The minimum atomic E-state index is -0.333. The molecule has 6 nitrogen and oxygen atoms in total. The highest BCUT2D eigenvalue weighted by Gasteiger charge is 2.21. The number of pyridine rings is 1. The number of carbonyl (C=O) groups excluding carboxylic acids is 2. The minimum Gasteiger partial charge on any atom is -0.343 e. The van der Waals surface area contributed by atoms with Gasteiger partial charge >= 0.3 is 0 Å². The van der Waals surface area contributed by atoms with Crippen LogP contribution < -0.4 is 5.32 Å². The molecule has 0 spiro atoms. The number of nitrogens with one attached hydrogen (secondary N) is 1. The summed E-state index contributed by atoms with van der Waals surface area (Å²) in [6.07, 6.45) is 3.58. The molecule has 7 heteroatoms. The zero-order valence-corrected chi connectivity index (χ0v) is 15.2. The van der Waals surface area contributed by atoms with E-state index in [0.29, 0.717) is 23.7 Å². The molecule has 1 N–H and O–H groups in total. The number of hydrogen-bond donors (Lipinski definition) is 1. The first-order valence-electron chi connectivity index (χ1n) is 8.55. The second-order valence-corrected chi connectivity index (χ2v) is 6.58. The van der Waals surface area contributed by atoms with Crippen molar-refractivity contribution in [2.45, 2.75) is 6.54 Å². The Bertz CT molecular complexity index is 761. The third kappa shape index (κ3) is 4.80. The van der Waals surface area contributed by atoms with Gasteiger partial charge in [-0.05, 0) is 29.8 Å². The highest BCUT2D eigenvalue weighted by atomic mass is 35.5. The Kier molecular flexibility index (Phi) is 6.20. The molecule has 2 heterocycles. The Morgan fingerprint density at radius 1 is 1.04 bits per heavy atom. The van der Waals surface area contributed by atoms with E-state index in [-0.39, 0.29) is 18.4 Å². The fourth-order valence-electron chi connectivity index (χ4n) is 2.91. The van der Waals surface area contributed by atoms with Gasteiger partial charge in [0.05, 0.1) is 17.1 Å². The summed E-state index contributed by atoms with van der Waals surface area (Å²) >= 11 is 6.00. The van der Waals surface area contributed by atoms with Crippen LogP contribution in [0.4, 0.5) is 0 Å². The van der Waals surface area contributed by atoms with Gasteiger partial charge in [0.15, 0.2) is 0 Å². The number of hydrogen-bond acceptors (Lipinski definition) is 4. The average Bonchev–Trinajstić information content (AvgIpc) is 2.67. The van der Waals surface area contributed by atoms with Gasteiger partial charge in [0.2, 0.25) is 5.91 Å². The fourth-order valence-corrected chi connectivity index (χ4v) is 3.13. The fraction of sp³-hybridized carbons (Fsp3) is 0.316. The summed E-state index contributed by atoms with van der Waals surface area (Å²) in [6, 6.07) is 10.8. The second-order valence-electron chi connectivity index (χ2n) is 6.17. The Labute approximate surface area is 157 Å². The summed E-state index contributed by atoms with van der Waals surface area (Å²) in [6.45, 7) is 3.78. The van der Waals surface area contributed by atoms with Gasteiger partial charge in [-0.15, -0.1) is 0 Å². The lowest BCUT2D eigenvalue weighted by atomic mass is 10.2. The Morgan fingerprint density at radius 2 is 1.73 bits per heavy atom. The molecule has 3 rings (SSSR count). The van der Waals surface area contributed by atoms with E-state index in [1.807, 2.05) is 12.1 Å². The predicted molar refractivity (Wildman–Crippen MR) is 99.9 cm³/mol.